The number of nitrogens with zero attached hydrogens (tertiary/aromatic N) is 1. The first kappa shape index (κ1) is 16.9. The molecular weight excluding hydrogens is 308 g/mol. The number of carbonyl (C=O) groups is 2. The van der Waals surface area contributed by atoms with Gasteiger partial charge in [-0.05, 0) is 54.5 Å². The zero-order chi connectivity index (χ0) is 17.0. The third-order valence-corrected chi connectivity index (χ3v) is 4.84. The number of amides is 1. The van der Waals surface area contributed by atoms with E-state index in [-0.39, 0.29) is 0 Å². The molecule has 0 fully saturated rings. The number of anilines is 1. The minimum atomic E-state index is -1.33. The van der Waals surface area contributed by atoms with Gasteiger partial charge in [0, 0.05) is 5.69 Å². The molecule has 118 valence electrons. The van der Waals surface area contributed by atoms with Crippen molar-refractivity contribution < 1.29 is 9.59 Å². The summed E-state index contributed by atoms with van der Waals surface area (Å²) in [4.78, 5) is 25.4. The third-order valence-electron chi connectivity index (χ3n) is 3.87. The highest BCUT2D eigenvalue weighted by Gasteiger charge is 2.30. The SMILES string of the molecule is CCc1ccsc1C(=O)C(C#N)C(=O)Nc1cccc(C)c1C. The molecule has 1 aromatic carbocycles. The Kier molecular flexibility index (Phi) is 5.30. The van der Waals surface area contributed by atoms with Crippen molar-refractivity contribution in [1.29, 1.82) is 5.26 Å². The highest BCUT2D eigenvalue weighted by Crippen LogP contribution is 2.23. The minimum absolute atomic E-state index is 0.429. The van der Waals surface area contributed by atoms with Gasteiger partial charge < -0.3 is 5.32 Å². The van der Waals surface area contributed by atoms with E-state index in [2.05, 4.69) is 5.32 Å². The number of nitriles is 1. The first-order chi connectivity index (χ1) is 11.0. The Labute approximate surface area is 139 Å². The number of rotatable bonds is 5. The molecule has 1 atom stereocenters. The number of carbonyl (C=O) groups excluding carboxylic acids is 2. The summed E-state index contributed by atoms with van der Waals surface area (Å²) in [6.07, 6.45) is 0.696. The Morgan fingerprint density at radius 1 is 1.30 bits per heavy atom. The molecule has 23 heavy (non-hydrogen) atoms. The fourth-order valence-electron chi connectivity index (χ4n) is 2.29. The lowest BCUT2D eigenvalue weighted by molar-refractivity contribution is -0.117. The second-order valence-corrected chi connectivity index (χ2v) is 6.21. The first-order valence-electron chi connectivity index (χ1n) is 7.36. The molecule has 0 aliphatic heterocycles. The highest BCUT2D eigenvalue weighted by atomic mass is 32.1. The summed E-state index contributed by atoms with van der Waals surface area (Å²) in [6, 6.07) is 9.23. The van der Waals surface area contributed by atoms with Crippen molar-refractivity contribution in [3.63, 3.8) is 0 Å². The van der Waals surface area contributed by atoms with Crippen molar-refractivity contribution in [1.82, 2.24) is 0 Å². The van der Waals surface area contributed by atoms with Gasteiger partial charge in [-0.15, -0.1) is 11.3 Å². The molecule has 1 N–H and O–H groups in total. The summed E-state index contributed by atoms with van der Waals surface area (Å²) in [6.45, 7) is 5.77. The van der Waals surface area contributed by atoms with Gasteiger partial charge in [-0.2, -0.15) is 5.26 Å². The van der Waals surface area contributed by atoms with E-state index >= 15 is 0 Å². The summed E-state index contributed by atoms with van der Waals surface area (Å²) in [7, 11) is 0. The van der Waals surface area contributed by atoms with Crippen molar-refractivity contribution in [3.8, 4) is 6.07 Å². The second kappa shape index (κ2) is 7.21. The molecular formula is C18H18N2O2S. The number of ketones is 1. The lowest BCUT2D eigenvalue weighted by Gasteiger charge is -2.13. The van der Waals surface area contributed by atoms with E-state index in [0.717, 1.165) is 16.7 Å². The number of aryl methyl sites for hydroxylation is 2. The number of thiophene rings is 1. The summed E-state index contributed by atoms with van der Waals surface area (Å²) in [5, 5.41) is 13.8. The molecule has 2 rings (SSSR count). The minimum Gasteiger partial charge on any atom is -0.324 e. The summed E-state index contributed by atoms with van der Waals surface area (Å²) < 4.78 is 0. The molecule has 1 amide bonds. The molecule has 0 radical (unpaired) electrons. The van der Waals surface area contributed by atoms with Crippen molar-refractivity contribution in [2.75, 3.05) is 5.32 Å². The maximum Gasteiger partial charge on any atom is 0.249 e. The maximum atomic E-state index is 12.5. The van der Waals surface area contributed by atoms with E-state index < -0.39 is 17.6 Å². The summed E-state index contributed by atoms with van der Waals surface area (Å²) >= 11 is 1.27. The van der Waals surface area contributed by atoms with E-state index in [1.54, 1.807) is 6.07 Å². The Bertz CT molecular complexity index is 787. The Balaban J connectivity index is 2.24. The van der Waals surface area contributed by atoms with Gasteiger partial charge >= 0.3 is 0 Å². The molecule has 4 nitrogen and oxygen atoms in total. The summed E-state index contributed by atoms with van der Waals surface area (Å²) in [5.41, 5.74) is 3.47. The topological polar surface area (TPSA) is 70.0 Å². The third kappa shape index (κ3) is 3.49. The molecule has 0 saturated carbocycles. The van der Waals surface area contributed by atoms with Crippen LogP contribution in [-0.2, 0) is 11.2 Å². The van der Waals surface area contributed by atoms with Gasteiger partial charge in [0.25, 0.3) is 0 Å². The Morgan fingerprint density at radius 2 is 2.04 bits per heavy atom. The molecule has 2 aromatic rings. The van der Waals surface area contributed by atoms with Gasteiger partial charge in [-0.1, -0.05) is 19.1 Å². The maximum absolute atomic E-state index is 12.5. The largest absolute Gasteiger partial charge is 0.324 e. The van der Waals surface area contributed by atoms with Crippen molar-refractivity contribution >= 4 is 28.7 Å². The second-order valence-electron chi connectivity index (χ2n) is 5.29. The van der Waals surface area contributed by atoms with E-state index in [9.17, 15) is 14.9 Å². The number of Topliss-reactive ketones (excluding diaryl/α,β-unsaturated/α-hetero) is 1. The molecule has 5 heteroatoms. The molecule has 0 saturated heterocycles. The zero-order valence-electron chi connectivity index (χ0n) is 13.3. The monoisotopic (exact) mass is 326 g/mol. The van der Waals surface area contributed by atoms with Crippen LogP contribution in [0.1, 0.15) is 33.3 Å². The van der Waals surface area contributed by atoms with Crippen LogP contribution in [-0.4, -0.2) is 11.7 Å². The van der Waals surface area contributed by atoms with E-state index in [0.29, 0.717) is 17.0 Å². The van der Waals surface area contributed by atoms with Crippen LogP contribution in [0.4, 0.5) is 5.69 Å². The normalized spacial score (nSPS) is 11.6. The summed E-state index contributed by atoms with van der Waals surface area (Å²) in [5.74, 6) is -2.34. The van der Waals surface area contributed by atoms with Gasteiger partial charge in [0.05, 0.1) is 10.9 Å². The predicted molar refractivity (Wildman–Crippen MR) is 91.7 cm³/mol. The van der Waals surface area contributed by atoms with Gasteiger partial charge in [0.15, 0.2) is 11.7 Å². The molecule has 0 spiro atoms. The van der Waals surface area contributed by atoms with Gasteiger partial charge in [0.2, 0.25) is 5.91 Å². The number of benzene rings is 1. The molecule has 0 aliphatic carbocycles. The van der Waals surface area contributed by atoms with Crippen LogP contribution in [0, 0.1) is 31.1 Å². The van der Waals surface area contributed by atoms with Crippen LogP contribution in [0.15, 0.2) is 29.6 Å². The quantitative estimate of drug-likeness (QED) is 0.669. The van der Waals surface area contributed by atoms with Crippen LogP contribution < -0.4 is 5.32 Å². The predicted octanol–water partition coefficient (Wildman–Crippen LogP) is 3.89. The van der Waals surface area contributed by atoms with Crippen molar-refractivity contribution in [3.05, 3.63) is 51.2 Å². The number of hydrogen-bond acceptors (Lipinski definition) is 4. The smallest absolute Gasteiger partial charge is 0.249 e. The standard InChI is InChI=1S/C18H18N2O2S/c1-4-13-8-9-23-17(13)16(21)14(10-19)18(22)20-15-7-5-6-11(2)12(15)3/h5-9,14H,4H2,1-3H3,(H,20,22). The Morgan fingerprint density at radius 3 is 2.70 bits per heavy atom. The van der Waals surface area contributed by atoms with E-state index in [1.807, 2.05) is 50.4 Å². The lowest BCUT2D eigenvalue weighted by Crippen LogP contribution is -2.29. The molecule has 0 bridgehead atoms. The van der Waals surface area contributed by atoms with Crippen LogP contribution in [0.2, 0.25) is 0 Å². The average Bonchev–Trinajstić information content (AvgIpc) is 3.01. The van der Waals surface area contributed by atoms with Crippen molar-refractivity contribution in [2.45, 2.75) is 27.2 Å². The Hall–Kier alpha value is -2.45. The van der Waals surface area contributed by atoms with Crippen LogP contribution in [0.25, 0.3) is 0 Å². The fraction of sp³-hybridized carbons (Fsp3) is 0.278. The zero-order valence-corrected chi connectivity index (χ0v) is 14.2. The van der Waals surface area contributed by atoms with Crippen LogP contribution in [0.5, 0.6) is 0 Å². The molecule has 1 unspecified atom stereocenters. The van der Waals surface area contributed by atoms with E-state index in [1.165, 1.54) is 11.3 Å². The van der Waals surface area contributed by atoms with Crippen molar-refractivity contribution in [2.24, 2.45) is 5.92 Å². The molecule has 1 heterocycles. The average molecular weight is 326 g/mol. The number of nitrogens with one attached hydrogen (secondary N) is 1. The highest BCUT2D eigenvalue weighted by molar-refractivity contribution is 7.12. The van der Waals surface area contributed by atoms with Crippen LogP contribution in [0.3, 0.4) is 0 Å². The van der Waals surface area contributed by atoms with Gasteiger partial charge in [-0.25, -0.2) is 0 Å². The molecule has 0 aliphatic rings. The van der Waals surface area contributed by atoms with E-state index in [4.69, 9.17) is 0 Å². The van der Waals surface area contributed by atoms with Gasteiger partial charge in [-0.3, -0.25) is 9.59 Å². The lowest BCUT2D eigenvalue weighted by atomic mass is 10.00. The number of hydrogen-bond donors (Lipinski definition) is 1. The fourth-order valence-corrected chi connectivity index (χ4v) is 3.26. The van der Waals surface area contributed by atoms with Crippen LogP contribution >= 0.6 is 11.3 Å². The molecule has 1 aromatic heterocycles. The first-order valence-corrected chi connectivity index (χ1v) is 8.24. The van der Waals surface area contributed by atoms with Gasteiger partial charge in [0.1, 0.15) is 0 Å².